The predicted molar refractivity (Wildman–Crippen MR) is 66.3 cm³/mol. The number of nitrogens with zero attached hydrogens (tertiary/aromatic N) is 2. The summed E-state index contributed by atoms with van der Waals surface area (Å²) in [6.07, 6.45) is 2.79. The summed E-state index contributed by atoms with van der Waals surface area (Å²) in [6, 6.07) is -0.132. The predicted octanol–water partition coefficient (Wildman–Crippen LogP) is 1.15. The van der Waals surface area contributed by atoms with E-state index in [1.165, 1.54) is 11.3 Å². The van der Waals surface area contributed by atoms with Gasteiger partial charge in [0.2, 0.25) is 0 Å². The minimum Gasteiger partial charge on any atom is -0.481 e. The van der Waals surface area contributed by atoms with E-state index in [2.05, 4.69) is 10.3 Å². The lowest BCUT2D eigenvalue weighted by Gasteiger charge is -2.30. The third-order valence-electron chi connectivity index (χ3n) is 3.03. The second-order valence-corrected chi connectivity index (χ2v) is 5.20. The maximum Gasteiger partial charge on any atom is 0.317 e. The van der Waals surface area contributed by atoms with E-state index in [4.69, 9.17) is 5.11 Å². The lowest BCUT2D eigenvalue weighted by molar-refractivity contribution is -0.143. The van der Waals surface area contributed by atoms with Gasteiger partial charge in [0.25, 0.3) is 0 Å². The Labute approximate surface area is 109 Å². The lowest BCUT2D eigenvalue weighted by atomic mass is 9.97. The molecule has 6 nitrogen and oxygen atoms in total. The van der Waals surface area contributed by atoms with Gasteiger partial charge >= 0.3 is 12.0 Å². The molecule has 18 heavy (non-hydrogen) atoms. The Hall–Kier alpha value is -1.63. The molecule has 0 atom stereocenters. The fraction of sp³-hybridized carbons (Fsp3) is 0.545. The van der Waals surface area contributed by atoms with Crippen LogP contribution in [-0.2, 0) is 11.3 Å². The summed E-state index contributed by atoms with van der Waals surface area (Å²) in [7, 11) is 0. The molecule has 2 rings (SSSR count). The molecular formula is C11H15N3O3S. The summed E-state index contributed by atoms with van der Waals surface area (Å²) in [5.74, 6) is -1.07. The molecule has 0 aliphatic carbocycles. The quantitative estimate of drug-likeness (QED) is 0.862. The zero-order chi connectivity index (χ0) is 13.0. The third-order valence-corrected chi connectivity index (χ3v) is 3.81. The Kier molecular flexibility index (Phi) is 4.14. The number of amides is 2. The largest absolute Gasteiger partial charge is 0.481 e. The molecule has 7 heteroatoms. The highest BCUT2D eigenvalue weighted by Gasteiger charge is 2.26. The number of likely N-dealkylation sites (tertiary alicyclic amines) is 1. The van der Waals surface area contributed by atoms with Crippen LogP contribution in [0.1, 0.15) is 17.7 Å². The highest BCUT2D eigenvalue weighted by atomic mass is 32.1. The van der Waals surface area contributed by atoms with Crippen LogP contribution in [0.15, 0.2) is 11.7 Å². The third kappa shape index (κ3) is 3.19. The summed E-state index contributed by atoms with van der Waals surface area (Å²) in [5, 5.41) is 11.7. The van der Waals surface area contributed by atoms with Crippen molar-refractivity contribution in [2.75, 3.05) is 13.1 Å². The summed E-state index contributed by atoms with van der Waals surface area (Å²) in [5.41, 5.74) is 1.72. The number of carboxylic acids is 1. The number of aliphatic carboxylic acids is 1. The van der Waals surface area contributed by atoms with Crippen molar-refractivity contribution < 1.29 is 14.7 Å². The molecule has 0 unspecified atom stereocenters. The van der Waals surface area contributed by atoms with E-state index >= 15 is 0 Å². The van der Waals surface area contributed by atoms with Crippen molar-refractivity contribution in [2.45, 2.75) is 19.4 Å². The van der Waals surface area contributed by atoms with Crippen molar-refractivity contribution >= 4 is 23.3 Å². The second-order valence-electron chi connectivity index (χ2n) is 4.23. The first-order chi connectivity index (χ1) is 8.66. The van der Waals surface area contributed by atoms with Crippen LogP contribution < -0.4 is 5.32 Å². The molecule has 98 valence electrons. The normalized spacial score (nSPS) is 16.6. The lowest BCUT2D eigenvalue weighted by Crippen LogP contribution is -2.45. The van der Waals surface area contributed by atoms with Crippen molar-refractivity contribution in [3.63, 3.8) is 0 Å². The van der Waals surface area contributed by atoms with Crippen molar-refractivity contribution in [1.29, 1.82) is 0 Å². The van der Waals surface area contributed by atoms with E-state index in [1.807, 2.05) is 0 Å². The molecule has 1 aromatic heterocycles. The number of urea groups is 1. The molecule has 0 aromatic carbocycles. The molecule has 0 bridgehead atoms. The fourth-order valence-corrected chi connectivity index (χ4v) is 2.47. The first kappa shape index (κ1) is 12.8. The first-order valence-electron chi connectivity index (χ1n) is 5.80. The number of hydrogen-bond acceptors (Lipinski definition) is 4. The van der Waals surface area contributed by atoms with Gasteiger partial charge in [0.15, 0.2) is 0 Å². The minimum absolute atomic E-state index is 0.132. The molecular weight excluding hydrogens is 254 g/mol. The molecule has 1 aliphatic rings. The molecule has 2 heterocycles. The average molecular weight is 269 g/mol. The molecule has 1 aliphatic heterocycles. The Morgan fingerprint density at radius 1 is 1.50 bits per heavy atom. The molecule has 0 saturated carbocycles. The Morgan fingerprint density at radius 2 is 2.22 bits per heavy atom. The molecule has 2 amide bonds. The minimum atomic E-state index is -0.764. The fourth-order valence-electron chi connectivity index (χ4n) is 1.93. The van der Waals surface area contributed by atoms with Crippen LogP contribution in [0.4, 0.5) is 4.79 Å². The van der Waals surface area contributed by atoms with Crippen molar-refractivity contribution in [2.24, 2.45) is 5.92 Å². The van der Waals surface area contributed by atoms with Gasteiger partial charge in [-0.3, -0.25) is 9.78 Å². The number of carboxylic acid groups (broad SMARTS) is 1. The smallest absolute Gasteiger partial charge is 0.317 e. The van der Waals surface area contributed by atoms with Gasteiger partial charge in [0.05, 0.1) is 18.0 Å². The van der Waals surface area contributed by atoms with Crippen molar-refractivity contribution in [3.05, 3.63) is 16.6 Å². The number of carbonyl (C=O) groups excluding carboxylic acids is 1. The van der Waals surface area contributed by atoms with E-state index in [1.54, 1.807) is 16.6 Å². The van der Waals surface area contributed by atoms with Gasteiger partial charge in [-0.25, -0.2) is 4.79 Å². The van der Waals surface area contributed by atoms with Crippen LogP contribution in [0, 0.1) is 5.92 Å². The zero-order valence-electron chi connectivity index (χ0n) is 9.83. The number of piperidine rings is 1. The van der Waals surface area contributed by atoms with Crippen LogP contribution in [0.3, 0.4) is 0 Å². The van der Waals surface area contributed by atoms with Gasteiger partial charge in [0, 0.05) is 24.2 Å². The van der Waals surface area contributed by atoms with Gasteiger partial charge < -0.3 is 15.3 Å². The molecule has 1 fully saturated rings. The number of carbonyl (C=O) groups is 2. The Morgan fingerprint density at radius 3 is 2.78 bits per heavy atom. The topological polar surface area (TPSA) is 82.5 Å². The van der Waals surface area contributed by atoms with E-state index in [0.717, 1.165) is 4.88 Å². The monoisotopic (exact) mass is 269 g/mol. The van der Waals surface area contributed by atoms with E-state index in [0.29, 0.717) is 32.5 Å². The average Bonchev–Trinajstić information content (AvgIpc) is 2.89. The summed E-state index contributed by atoms with van der Waals surface area (Å²) < 4.78 is 0. The van der Waals surface area contributed by atoms with E-state index in [9.17, 15) is 9.59 Å². The zero-order valence-corrected chi connectivity index (χ0v) is 10.7. The number of hydrogen-bond donors (Lipinski definition) is 2. The van der Waals surface area contributed by atoms with Gasteiger partial charge in [-0.1, -0.05) is 0 Å². The van der Waals surface area contributed by atoms with Gasteiger partial charge in [-0.05, 0) is 12.8 Å². The van der Waals surface area contributed by atoms with Gasteiger partial charge in [-0.15, -0.1) is 11.3 Å². The van der Waals surface area contributed by atoms with Crippen LogP contribution >= 0.6 is 11.3 Å². The summed E-state index contributed by atoms with van der Waals surface area (Å²) >= 11 is 1.49. The van der Waals surface area contributed by atoms with Crippen molar-refractivity contribution in [3.8, 4) is 0 Å². The number of nitrogens with one attached hydrogen (secondary N) is 1. The maximum atomic E-state index is 11.8. The first-order valence-corrected chi connectivity index (χ1v) is 6.67. The standard InChI is InChI=1S/C11H15N3O3S/c15-10(16)8-1-3-14(4-2-8)11(17)13-6-9-5-12-7-18-9/h5,7-8H,1-4,6H2,(H,13,17)(H,15,16). The Balaban J connectivity index is 1.75. The van der Waals surface area contributed by atoms with Crippen LogP contribution in [0.2, 0.25) is 0 Å². The van der Waals surface area contributed by atoms with Gasteiger partial charge in [0.1, 0.15) is 0 Å². The van der Waals surface area contributed by atoms with Crippen LogP contribution in [0.5, 0.6) is 0 Å². The van der Waals surface area contributed by atoms with E-state index in [-0.39, 0.29) is 11.9 Å². The molecule has 2 N–H and O–H groups in total. The second kappa shape index (κ2) is 5.81. The number of rotatable bonds is 3. The maximum absolute atomic E-state index is 11.8. The summed E-state index contributed by atoms with van der Waals surface area (Å²) in [6.45, 7) is 1.49. The van der Waals surface area contributed by atoms with Gasteiger partial charge in [-0.2, -0.15) is 0 Å². The Bertz CT molecular complexity index is 413. The molecule has 0 radical (unpaired) electrons. The highest BCUT2D eigenvalue weighted by molar-refractivity contribution is 7.09. The number of thiazole rings is 1. The molecule has 0 spiro atoms. The van der Waals surface area contributed by atoms with Crippen LogP contribution in [-0.4, -0.2) is 40.1 Å². The molecule has 1 aromatic rings. The summed E-state index contributed by atoms with van der Waals surface area (Å²) in [4.78, 5) is 29.2. The van der Waals surface area contributed by atoms with Crippen molar-refractivity contribution in [1.82, 2.24) is 15.2 Å². The van der Waals surface area contributed by atoms with Crippen LogP contribution in [0.25, 0.3) is 0 Å². The van der Waals surface area contributed by atoms with E-state index < -0.39 is 5.97 Å². The molecule has 1 saturated heterocycles. The highest BCUT2D eigenvalue weighted by Crippen LogP contribution is 2.17. The SMILES string of the molecule is O=C(O)C1CCN(C(=O)NCc2cncs2)CC1. The number of aromatic nitrogens is 1.